The lowest BCUT2D eigenvalue weighted by Crippen LogP contribution is -2.50. The summed E-state index contributed by atoms with van der Waals surface area (Å²) in [5.41, 5.74) is 2.47. The molecule has 0 unspecified atom stereocenters. The maximum Gasteiger partial charge on any atom is 0.158 e. The Balaban J connectivity index is 1.50. The largest absolute Gasteiger partial charge is 0.377 e. The molecule has 152 valence electrons. The molecule has 3 aromatic rings. The summed E-state index contributed by atoms with van der Waals surface area (Å²) in [5, 5.41) is 3.42. The summed E-state index contributed by atoms with van der Waals surface area (Å²) in [4.78, 5) is 16.0. The van der Waals surface area contributed by atoms with Crippen LogP contribution in [0.5, 0.6) is 0 Å². The molecule has 0 bridgehead atoms. The van der Waals surface area contributed by atoms with Gasteiger partial charge in [0, 0.05) is 50.3 Å². The average Bonchev–Trinajstić information content (AvgIpc) is 3.45. The zero-order chi connectivity index (χ0) is 19.6. The Hall–Kier alpha value is -2.02. The highest BCUT2D eigenvalue weighted by atomic mass is 32.1. The molecule has 1 saturated carbocycles. The number of benzene rings is 1. The predicted molar refractivity (Wildman–Crippen MR) is 120 cm³/mol. The molecule has 0 N–H and O–H groups in total. The normalized spacial score (nSPS) is 18.7. The maximum absolute atomic E-state index is 5.35. The van der Waals surface area contributed by atoms with Crippen LogP contribution in [0, 0.1) is 0 Å². The fraction of sp³-hybridized carbons (Fsp3) is 0.478. The number of anilines is 1. The second kappa shape index (κ2) is 8.38. The lowest BCUT2D eigenvalue weighted by Gasteiger charge is -2.39. The number of rotatable bonds is 5. The molecular weight excluding hydrogens is 380 g/mol. The van der Waals surface area contributed by atoms with Crippen molar-refractivity contribution in [1.82, 2.24) is 14.9 Å². The molecule has 0 atom stereocenters. The second-order valence-corrected chi connectivity index (χ2v) is 8.91. The summed E-state index contributed by atoms with van der Waals surface area (Å²) in [5.74, 6) is 1.85. The van der Waals surface area contributed by atoms with Crippen LogP contribution in [0.4, 0.5) is 5.82 Å². The fourth-order valence-electron chi connectivity index (χ4n) is 4.79. The van der Waals surface area contributed by atoms with E-state index < -0.39 is 0 Å². The Morgan fingerprint density at radius 1 is 1.03 bits per heavy atom. The minimum atomic E-state index is 0.448. The van der Waals surface area contributed by atoms with E-state index in [0.29, 0.717) is 6.61 Å². The quantitative estimate of drug-likeness (QED) is 0.619. The number of methoxy groups -OCH3 is 1. The highest BCUT2D eigenvalue weighted by Gasteiger charge is 2.28. The van der Waals surface area contributed by atoms with Crippen molar-refractivity contribution in [3.8, 4) is 11.1 Å². The first-order valence-electron chi connectivity index (χ1n) is 10.6. The van der Waals surface area contributed by atoms with Crippen LogP contribution in [-0.2, 0) is 11.3 Å². The first-order valence-corrected chi connectivity index (χ1v) is 11.5. The van der Waals surface area contributed by atoms with E-state index in [4.69, 9.17) is 14.7 Å². The SMILES string of the molecule is COCc1nc(N2CCN(C3CCCC3)CC2)c2c(-c3ccccc3)csc2n1. The van der Waals surface area contributed by atoms with Crippen LogP contribution in [0.25, 0.3) is 21.3 Å². The van der Waals surface area contributed by atoms with Gasteiger partial charge in [0.15, 0.2) is 5.82 Å². The Kier molecular flexibility index (Phi) is 5.48. The topological polar surface area (TPSA) is 41.5 Å². The summed E-state index contributed by atoms with van der Waals surface area (Å²) in [6.07, 6.45) is 5.54. The van der Waals surface area contributed by atoms with E-state index in [9.17, 15) is 0 Å². The number of ether oxygens (including phenoxy) is 1. The number of hydrogen-bond donors (Lipinski definition) is 0. The zero-order valence-electron chi connectivity index (χ0n) is 17.0. The van der Waals surface area contributed by atoms with Crippen molar-refractivity contribution in [2.24, 2.45) is 0 Å². The van der Waals surface area contributed by atoms with Crippen LogP contribution < -0.4 is 4.90 Å². The van der Waals surface area contributed by atoms with E-state index in [1.165, 1.54) is 42.2 Å². The summed E-state index contributed by atoms with van der Waals surface area (Å²) < 4.78 is 5.35. The van der Waals surface area contributed by atoms with Crippen LogP contribution in [-0.4, -0.2) is 54.2 Å². The van der Waals surface area contributed by atoms with Crippen molar-refractivity contribution in [2.45, 2.75) is 38.3 Å². The van der Waals surface area contributed by atoms with Gasteiger partial charge in [-0.2, -0.15) is 0 Å². The van der Waals surface area contributed by atoms with Crippen molar-refractivity contribution in [2.75, 3.05) is 38.2 Å². The predicted octanol–water partition coefficient (Wildman–Crippen LogP) is 4.57. The van der Waals surface area contributed by atoms with E-state index >= 15 is 0 Å². The number of piperazine rings is 1. The monoisotopic (exact) mass is 408 g/mol. The van der Waals surface area contributed by atoms with E-state index in [1.807, 2.05) is 0 Å². The van der Waals surface area contributed by atoms with Gasteiger partial charge >= 0.3 is 0 Å². The van der Waals surface area contributed by atoms with E-state index in [0.717, 1.165) is 48.7 Å². The lowest BCUT2D eigenvalue weighted by atomic mass is 10.1. The van der Waals surface area contributed by atoms with Gasteiger partial charge in [0.2, 0.25) is 0 Å². The third-order valence-electron chi connectivity index (χ3n) is 6.27. The summed E-state index contributed by atoms with van der Waals surface area (Å²) >= 11 is 1.70. The molecule has 0 radical (unpaired) electrons. The first-order chi connectivity index (χ1) is 14.3. The molecule has 2 aliphatic rings. The molecule has 29 heavy (non-hydrogen) atoms. The average molecular weight is 409 g/mol. The smallest absolute Gasteiger partial charge is 0.158 e. The maximum atomic E-state index is 5.35. The number of aromatic nitrogens is 2. The second-order valence-electron chi connectivity index (χ2n) is 8.05. The molecule has 1 saturated heterocycles. The molecule has 2 aromatic heterocycles. The molecule has 5 nitrogen and oxygen atoms in total. The minimum absolute atomic E-state index is 0.448. The number of fused-ring (bicyclic) bond motifs is 1. The van der Waals surface area contributed by atoms with Crippen molar-refractivity contribution < 1.29 is 4.74 Å². The van der Waals surface area contributed by atoms with Gasteiger partial charge in [0.25, 0.3) is 0 Å². The molecule has 0 spiro atoms. The van der Waals surface area contributed by atoms with Crippen LogP contribution in [0.1, 0.15) is 31.5 Å². The van der Waals surface area contributed by atoms with Crippen molar-refractivity contribution in [3.05, 3.63) is 41.5 Å². The minimum Gasteiger partial charge on any atom is -0.377 e. The number of nitrogens with zero attached hydrogens (tertiary/aromatic N) is 4. The van der Waals surface area contributed by atoms with Crippen molar-refractivity contribution in [1.29, 1.82) is 0 Å². The Morgan fingerprint density at radius 2 is 1.79 bits per heavy atom. The standard InChI is InChI=1S/C23H28N4OS/c1-28-15-20-24-22(27-13-11-26(12-14-27)18-9-5-6-10-18)21-19(16-29-23(21)25-20)17-7-3-2-4-8-17/h2-4,7-8,16,18H,5-6,9-15H2,1H3. The fourth-order valence-corrected chi connectivity index (χ4v) is 5.75. The highest BCUT2D eigenvalue weighted by molar-refractivity contribution is 7.17. The lowest BCUT2D eigenvalue weighted by molar-refractivity contribution is 0.177. The van der Waals surface area contributed by atoms with Gasteiger partial charge in [-0.25, -0.2) is 9.97 Å². The molecule has 3 heterocycles. The Morgan fingerprint density at radius 3 is 2.52 bits per heavy atom. The van der Waals surface area contributed by atoms with E-state index in [1.54, 1.807) is 18.4 Å². The third-order valence-corrected chi connectivity index (χ3v) is 7.15. The van der Waals surface area contributed by atoms with Crippen LogP contribution >= 0.6 is 11.3 Å². The highest BCUT2D eigenvalue weighted by Crippen LogP contribution is 2.39. The molecule has 2 fully saturated rings. The van der Waals surface area contributed by atoms with E-state index in [-0.39, 0.29) is 0 Å². The first kappa shape index (κ1) is 19.0. The van der Waals surface area contributed by atoms with Gasteiger partial charge in [-0.15, -0.1) is 11.3 Å². The molecule has 1 aliphatic carbocycles. The van der Waals surface area contributed by atoms with E-state index in [2.05, 4.69) is 45.5 Å². The third kappa shape index (κ3) is 3.77. The van der Waals surface area contributed by atoms with Gasteiger partial charge in [-0.05, 0) is 18.4 Å². The molecule has 1 aliphatic heterocycles. The zero-order valence-corrected chi connectivity index (χ0v) is 17.8. The molecular formula is C23H28N4OS. The van der Waals surface area contributed by atoms with Crippen LogP contribution in [0.15, 0.2) is 35.7 Å². The molecule has 0 amide bonds. The van der Waals surface area contributed by atoms with Gasteiger partial charge in [-0.1, -0.05) is 43.2 Å². The summed E-state index contributed by atoms with van der Waals surface area (Å²) in [7, 11) is 1.71. The van der Waals surface area contributed by atoms with Gasteiger partial charge in [0.1, 0.15) is 17.3 Å². The summed E-state index contributed by atoms with van der Waals surface area (Å²) in [6, 6.07) is 11.4. The van der Waals surface area contributed by atoms with Crippen LogP contribution in [0.2, 0.25) is 0 Å². The number of hydrogen-bond acceptors (Lipinski definition) is 6. The van der Waals surface area contributed by atoms with Crippen LogP contribution in [0.3, 0.4) is 0 Å². The molecule has 6 heteroatoms. The van der Waals surface area contributed by atoms with Gasteiger partial charge in [-0.3, -0.25) is 4.90 Å². The van der Waals surface area contributed by atoms with Gasteiger partial charge in [0.05, 0.1) is 5.39 Å². The molecule has 1 aromatic carbocycles. The molecule has 5 rings (SSSR count). The summed E-state index contributed by atoms with van der Waals surface area (Å²) in [6.45, 7) is 4.75. The number of thiophene rings is 1. The van der Waals surface area contributed by atoms with Crippen molar-refractivity contribution >= 4 is 27.4 Å². The van der Waals surface area contributed by atoms with Crippen molar-refractivity contribution in [3.63, 3.8) is 0 Å². The van der Waals surface area contributed by atoms with Gasteiger partial charge < -0.3 is 9.64 Å². The Labute approximate surface area is 176 Å². The Bertz CT molecular complexity index is 960.